The maximum atomic E-state index is 10.6. The van der Waals surface area contributed by atoms with Crippen LogP contribution in [0.3, 0.4) is 0 Å². The van der Waals surface area contributed by atoms with Crippen LogP contribution in [0.5, 0.6) is 0 Å². The molecule has 56 valence electrons. The molecular formula is C5H5ClO2S2. The van der Waals surface area contributed by atoms with Crippen molar-refractivity contribution in [2.24, 2.45) is 0 Å². The summed E-state index contributed by atoms with van der Waals surface area (Å²) in [5, 5.41) is 1.75. The van der Waals surface area contributed by atoms with Crippen LogP contribution in [-0.4, -0.2) is 8.42 Å². The van der Waals surface area contributed by atoms with Gasteiger partial charge in [-0.3, -0.25) is 0 Å². The topological polar surface area (TPSA) is 34.1 Å². The van der Waals surface area contributed by atoms with Gasteiger partial charge in [-0.2, -0.15) is 0 Å². The fourth-order valence-electron chi connectivity index (χ4n) is 0.533. The summed E-state index contributed by atoms with van der Waals surface area (Å²) < 4.78 is 21.5. The second-order valence-corrected chi connectivity index (χ2v) is 5.58. The number of rotatable bonds is 1. The minimum Gasteiger partial charge on any atom is -0.206 e. The molecular weight excluding hydrogens is 192 g/mol. The first-order valence-corrected chi connectivity index (χ1v) is 5.69. The van der Waals surface area contributed by atoms with Crippen LogP contribution in [0.25, 0.3) is 0 Å². The molecule has 0 bridgehead atoms. The molecule has 0 aliphatic carbocycles. The zero-order valence-corrected chi connectivity index (χ0v) is 7.55. The summed E-state index contributed by atoms with van der Waals surface area (Å²) in [5.41, 5.74) is 0.921. The van der Waals surface area contributed by atoms with Gasteiger partial charge in [-0.25, -0.2) is 8.42 Å². The Labute approximate surface area is 67.9 Å². The monoisotopic (exact) mass is 196 g/mol. The minimum absolute atomic E-state index is 0.215. The summed E-state index contributed by atoms with van der Waals surface area (Å²) in [6.07, 6.45) is 0. The molecule has 0 saturated heterocycles. The lowest BCUT2D eigenvalue weighted by atomic mass is 10.4. The van der Waals surface area contributed by atoms with Gasteiger partial charge in [-0.1, -0.05) is 0 Å². The molecule has 0 spiro atoms. The Morgan fingerprint density at radius 3 is 2.40 bits per heavy atom. The lowest BCUT2D eigenvalue weighted by Gasteiger charge is -1.83. The Kier molecular flexibility index (Phi) is 2.03. The average molecular weight is 197 g/mol. The summed E-state index contributed by atoms with van der Waals surface area (Å²) >= 11 is 1.14. The second kappa shape index (κ2) is 2.53. The third-order valence-electron chi connectivity index (χ3n) is 0.947. The first-order valence-electron chi connectivity index (χ1n) is 2.50. The van der Waals surface area contributed by atoms with Gasteiger partial charge in [-0.15, -0.1) is 11.3 Å². The number of halogens is 1. The highest BCUT2D eigenvalue weighted by Crippen LogP contribution is 2.22. The average Bonchev–Trinajstić information content (AvgIpc) is 2.11. The van der Waals surface area contributed by atoms with Crippen LogP contribution >= 0.6 is 22.0 Å². The SMILES string of the molecule is Cc1csc(S(=O)(=O)Cl)c1. The Hall–Kier alpha value is -0.0600. The lowest BCUT2D eigenvalue weighted by molar-refractivity contribution is 0.611. The second-order valence-electron chi connectivity index (χ2n) is 1.88. The maximum Gasteiger partial charge on any atom is 0.270 e. The van der Waals surface area contributed by atoms with Crippen LogP contribution in [0.1, 0.15) is 5.56 Å². The zero-order valence-electron chi connectivity index (χ0n) is 5.17. The van der Waals surface area contributed by atoms with Gasteiger partial charge in [0.1, 0.15) is 4.21 Å². The zero-order chi connectivity index (χ0) is 7.78. The van der Waals surface area contributed by atoms with Gasteiger partial charge in [0.2, 0.25) is 0 Å². The maximum absolute atomic E-state index is 10.6. The van der Waals surface area contributed by atoms with Gasteiger partial charge >= 0.3 is 0 Å². The molecule has 0 atom stereocenters. The standard InChI is InChI=1S/C5H5ClO2S2/c1-4-2-5(9-3-4)10(6,7)8/h2-3H,1H3. The lowest BCUT2D eigenvalue weighted by Crippen LogP contribution is -1.83. The van der Waals surface area contributed by atoms with E-state index in [1.807, 2.05) is 6.92 Å². The normalized spacial score (nSPS) is 11.8. The third-order valence-corrected chi connectivity index (χ3v) is 4.11. The molecule has 0 aromatic carbocycles. The summed E-state index contributed by atoms with van der Waals surface area (Å²) in [6, 6.07) is 1.55. The molecule has 0 aliphatic heterocycles. The highest BCUT2D eigenvalue weighted by atomic mass is 35.7. The van der Waals surface area contributed by atoms with Crippen LogP contribution in [-0.2, 0) is 9.05 Å². The Bertz CT molecular complexity index is 325. The summed E-state index contributed by atoms with van der Waals surface area (Å²) in [4.78, 5) is 0. The first kappa shape index (κ1) is 8.04. The van der Waals surface area contributed by atoms with E-state index in [-0.39, 0.29) is 4.21 Å². The Morgan fingerprint density at radius 2 is 2.20 bits per heavy atom. The van der Waals surface area contributed by atoms with E-state index in [0.29, 0.717) is 0 Å². The molecule has 0 aliphatic rings. The highest BCUT2D eigenvalue weighted by molar-refractivity contribution is 8.15. The molecule has 0 radical (unpaired) electrons. The van der Waals surface area contributed by atoms with Crippen molar-refractivity contribution in [2.45, 2.75) is 11.1 Å². The van der Waals surface area contributed by atoms with Crippen molar-refractivity contribution >= 4 is 31.1 Å². The molecule has 0 saturated carbocycles. The quantitative estimate of drug-likeness (QED) is 0.644. The minimum atomic E-state index is -3.49. The van der Waals surface area contributed by atoms with Gasteiger partial charge in [0.15, 0.2) is 0 Å². The number of hydrogen-bond acceptors (Lipinski definition) is 3. The fraction of sp³-hybridized carbons (Fsp3) is 0.200. The summed E-state index contributed by atoms with van der Waals surface area (Å²) in [7, 11) is 1.56. The highest BCUT2D eigenvalue weighted by Gasteiger charge is 2.10. The van der Waals surface area contributed by atoms with Crippen LogP contribution in [0.2, 0.25) is 0 Å². The molecule has 0 unspecified atom stereocenters. The molecule has 1 aromatic rings. The van der Waals surface area contributed by atoms with E-state index in [9.17, 15) is 8.42 Å². The van der Waals surface area contributed by atoms with Crippen molar-refractivity contribution in [1.29, 1.82) is 0 Å². The van der Waals surface area contributed by atoms with Gasteiger partial charge in [-0.05, 0) is 23.9 Å². The van der Waals surface area contributed by atoms with E-state index in [2.05, 4.69) is 0 Å². The van der Waals surface area contributed by atoms with E-state index in [0.717, 1.165) is 16.9 Å². The van der Waals surface area contributed by atoms with Crippen LogP contribution < -0.4 is 0 Å². The van der Waals surface area contributed by atoms with Gasteiger partial charge < -0.3 is 0 Å². The predicted molar refractivity (Wildman–Crippen MR) is 42.1 cm³/mol. The van der Waals surface area contributed by atoms with Crippen molar-refractivity contribution < 1.29 is 8.42 Å². The number of thiophene rings is 1. The van der Waals surface area contributed by atoms with E-state index in [4.69, 9.17) is 10.7 Å². The summed E-state index contributed by atoms with van der Waals surface area (Å²) in [6.45, 7) is 1.82. The molecule has 5 heteroatoms. The van der Waals surface area contributed by atoms with Crippen LogP contribution in [0.4, 0.5) is 0 Å². The third kappa shape index (κ3) is 1.71. The molecule has 2 nitrogen and oxygen atoms in total. The Balaban J connectivity index is 3.21. The predicted octanol–water partition coefficient (Wildman–Crippen LogP) is 1.98. The van der Waals surface area contributed by atoms with Crippen molar-refractivity contribution in [3.8, 4) is 0 Å². The fourth-order valence-corrected chi connectivity index (χ4v) is 2.55. The van der Waals surface area contributed by atoms with Crippen molar-refractivity contribution in [1.82, 2.24) is 0 Å². The van der Waals surface area contributed by atoms with Gasteiger partial charge in [0, 0.05) is 10.7 Å². The van der Waals surface area contributed by atoms with Crippen molar-refractivity contribution in [2.75, 3.05) is 0 Å². The summed E-state index contributed by atoms with van der Waals surface area (Å²) in [5.74, 6) is 0. The van der Waals surface area contributed by atoms with Gasteiger partial charge in [0.25, 0.3) is 9.05 Å². The van der Waals surface area contributed by atoms with Crippen LogP contribution in [0.15, 0.2) is 15.7 Å². The van der Waals surface area contributed by atoms with Gasteiger partial charge in [0.05, 0.1) is 0 Å². The molecule has 0 fully saturated rings. The molecule has 0 amide bonds. The molecule has 1 rings (SSSR count). The molecule has 1 aromatic heterocycles. The molecule has 0 N–H and O–H groups in total. The van der Waals surface area contributed by atoms with E-state index < -0.39 is 9.05 Å². The van der Waals surface area contributed by atoms with E-state index in [1.54, 1.807) is 11.4 Å². The van der Waals surface area contributed by atoms with Crippen LogP contribution in [0, 0.1) is 6.92 Å². The smallest absolute Gasteiger partial charge is 0.206 e. The molecule has 1 heterocycles. The van der Waals surface area contributed by atoms with Crippen molar-refractivity contribution in [3.63, 3.8) is 0 Å². The largest absolute Gasteiger partial charge is 0.270 e. The molecule has 10 heavy (non-hydrogen) atoms. The number of aryl methyl sites for hydroxylation is 1. The van der Waals surface area contributed by atoms with Crippen molar-refractivity contribution in [3.05, 3.63) is 17.0 Å². The first-order chi connectivity index (χ1) is 4.50. The van der Waals surface area contributed by atoms with E-state index in [1.165, 1.54) is 0 Å². The Morgan fingerprint density at radius 1 is 1.60 bits per heavy atom. The number of hydrogen-bond donors (Lipinski definition) is 0. The van der Waals surface area contributed by atoms with E-state index >= 15 is 0 Å².